The molecule has 106 valence electrons. The van der Waals surface area contributed by atoms with Gasteiger partial charge in [0.15, 0.2) is 5.78 Å². The molecule has 2 aliphatic rings. The second kappa shape index (κ2) is 4.77. The number of fused-ring (bicyclic) bond motifs is 1. The smallest absolute Gasteiger partial charge is 0.219 e. The quantitative estimate of drug-likeness (QED) is 0.739. The van der Waals surface area contributed by atoms with E-state index < -0.39 is 5.60 Å². The summed E-state index contributed by atoms with van der Waals surface area (Å²) in [6, 6.07) is 5.13. The number of nitrogens with zero attached hydrogens (tertiary/aromatic N) is 1. The maximum absolute atomic E-state index is 12.3. The second-order valence-corrected chi connectivity index (χ2v) is 5.97. The number of hydrogen-bond acceptors (Lipinski definition) is 3. The largest absolute Gasteiger partial charge is 0.486 e. The number of amides is 1. The molecule has 0 N–H and O–H groups in total. The maximum Gasteiger partial charge on any atom is 0.219 e. The minimum Gasteiger partial charge on any atom is -0.486 e. The Bertz CT molecular complexity index is 576. The average molecular weight is 294 g/mol. The highest BCUT2D eigenvalue weighted by molar-refractivity contribution is 6.30. The zero-order valence-corrected chi connectivity index (χ0v) is 12.1. The van der Waals surface area contributed by atoms with Crippen LogP contribution >= 0.6 is 11.6 Å². The molecule has 5 heteroatoms. The van der Waals surface area contributed by atoms with E-state index in [2.05, 4.69) is 0 Å². The van der Waals surface area contributed by atoms with Gasteiger partial charge in [-0.05, 0) is 18.2 Å². The van der Waals surface area contributed by atoms with E-state index in [0.29, 0.717) is 48.7 Å². The van der Waals surface area contributed by atoms with Gasteiger partial charge >= 0.3 is 0 Å². The van der Waals surface area contributed by atoms with Crippen LogP contribution in [-0.4, -0.2) is 35.3 Å². The van der Waals surface area contributed by atoms with Crippen LogP contribution in [0.3, 0.4) is 0 Å². The molecule has 2 heterocycles. The Morgan fingerprint density at radius 1 is 1.35 bits per heavy atom. The molecule has 0 saturated carbocycles. The molecule has 0 bridgehead atoms. The van der Waals surface area contributed by atoms with Gasteiger partial charge in [0.25, 0.3) is 0 Å². The van der Waals surface area contributed by atoms with E-state index in [-0.39, 0.29) is 11.7 Å². The Morgan fingerprint density at radius 3 is 2.70 bits per heavy atom. The van der Waals surface area contributed by atoms with Crippen LogP contribution in [0, 0.1) is 0 Å². The van der Waals surface area contributed by atoms with Crippen molar-refractivity contribution in [2.45, 2.75) is 31.8 Å². The van der Waals surface area contributed by atoms with Gasteiger partial charge in [-0.3, -0.25) is 9.59 Å². The summed E-state index contributed by atoms with van der Waals surface area (Å²) in [5, 5.41) is 0.565. The van der Waals surface area contributed by atoms with Gasteiger partial charge in [0, 0.05) is 37.9 Å². The maximum atomic E-state index is 12.3. The number of hydrogen-bond donors (Lipinski definition) is 0. The van der Waals surface area contributed by atoms with Crippen LogP contribution in [-0.2, 0) is 4.79 Å². The Kier molecular flexibility index (Phi) is 3.21. The summed E-state index contributed by atoms with van der Waals surface area (Å²) in [5.74, 6) is 0.745. The topological polar surface area (TPSA) is 46.6 Å². The van der Waals surface area contributed by atoms with E-state index in [9.17, 15) is 9.59 Å². The van der Waals surface area contributed by atoms with Crippen LogP contribution in [0.2, 0.25) is 5.02 Å². The van der Waals surface area contributed by atoms with Crippen molar-refractivity contribution >= 4 is 23.3 Å². The van der Waals surface area contributed by atoms with Crippen molar-refractivity contribution in [2.24, 2.45) is 0 Å². The first-order valence-electron chi connectivity index (χ1n) is 6.76. The number of carbonyl (C=O) groups is 2. The fraction of sp³-hybridized carbons (Fsp3) is 0.467. The predicted molar refractivity (Wildman–Crippen MR) is 75.2 cm³/mol. The molecule has 1 fully saturated rings. The third-order valence-corrected chi connectivity index (χ3v) is 4.41. The fourth-order valence-corrected chi connectivity index (χ4v) is 3.14. The number of rotatable bonds is 0. The lowest BCUT2D eigenvalue weighted by Gasteiger charge is -2.43. The molecule has 1 aromatic carbocycles. The minimum atomic E-state index is -0.472. The summed E-state index contributed by atoms with van der Waals surface area (Å²) >= 11 is 5.97. The van der Waals surface area contributed by atoms with Crippen molar-refractivity contribution in [1.82, 2.24) is 4.90 Å². The summed E-state index contributed by atoms with van der Waals surface area (Å²) in [6.45, 7) is 2.84. The van der Waals surface area contributed by atoms with Gasteiger partial charge in [0.1, 0.15) is 11.4 Å². The molecular formula is C15H16ClNO3. The molecule has 1 aromatic rings. The van der Waals surface area contributed by atoms with Crippen LogP contribution in [0.1, 0.15) is 36.5 Å². The molecule has 1 amide bonds. The van der Waals surface area contributed by atoms with Gasteiger partial charge in [0.2, 0.25) is 5.91 Å². The van der Waals surface area contributed by atoms with Crippen molar-refractivity contribution in [1.29, 1.82) is 0 Å². The summed E-state index contributed by atoms with van der Waals surface area (Å²) in [4.78, 5) is 25.5. The summed E-state index contributed by atoms with van der Waals surface area (Å²) < 4.78 is 6.10. The van der Waals surface area contributed by atoms with E-state index in [1.807, 2.05) is 0 Å². The van der Waals surface area contributed by atoms with Crippen molar-refractivity contribution in [3.8, 4) is 5.75 Å². The molecule has 0 aromatic heterocycles. The van der Waals surface area contributed by atoms with Crippen LogP contribution in [0.4, 0.5) is 0 Å². The Labute approximate surface area is 122 Å². The third-order valence-electron chi connectivity index (χ3n) is 4.17. The van der Waals surface area contributed by atoms with E-state index in [0.717, 1.165) is 0 Å². The second-order valence-electron chi connectivity index (χ2n) is 5.53. The van der Waals surface area contributed by atoms with Crippen molar-refractivity contribution < 1.29 is 14.3 Å². The first kappa shape index (κ1) is 13.4. The molecule has 4 nitrogen and oxygen atoms in total. The molecular weight excluding hydrogens is 278 g/mol. The van der Waals surface area contributed by atoms with Crippen molar-refractivity contribution in [3.63, 3.8) is 0 Å². The van der Waals surface area contributed by atoms with Gasteiger partial charge in [-0.1, -0.05) is 11.6 Å². The molecule has 3 rings (SSSR count). The summed E-state index contributed by atoms with van der Waals surface area (Å²) in [6.07, 6.45) is 1.75. The highest BCUT2D eigenvalue weighted by atomic mass is 35.5. The number of Topliss-reactive ketones (excluding diaryl/α,β-unsaturated/α-hetero) is 1. The molecule has 0 aliphatic carbocycles. The Morgan fingerprint density at radius 2 is 2.05 bits per heavy atom. The third kappa shape index (κ3) is 2.29. The van der Waals surface area contributed by atoms with Crippen LogP contribution < -0.4 is 4.74 Å². The first-order chi connectivity index (χ1) is 9.49. The van der Waals surface area contributed by atoms with E-state index in [1.54, 1.807) is 30.0 Å². The lowest BCUT2D eigenvalue weighted by atomic mass is 9.82. The zero-order chi connectivity index (χ0) is 14.3. The van der Waals surface area contributed by atoms with E-state index >= 15 is 0 Å². The highest BCUT2D eigenvalue weighted by Crippen LogP contribution is 2.40. The number of piperidine rings is 1. The van der Waals surface area contributed by atoms with Gasteiger partial charge in [-0.25, -0.2) is 0 Å². The zero-order valence-electron chi connectivity index (χ0n) is 11.3. The number of benzene rings is 1. The van der Waals surface area contributed by atoms with Crippen LogP contribution in [0.25, 0.3) is 0 Å². The van der Waals surface area contributed by atoms with Gasteiger partial charge < -0.3 is 9.64 Å². The van der Waals surface area contributed by atoms with Crippen molar-refractivity contribution in [2.75, 3.05) is 13.1 Å². The predicted octanol–water partition coefficient (Wildman–Crippen LogP) is 2.69. The molecule has 2 aliphatic heterocycles. The van der Waals surface area contributed by atoms with E-state index in [1.165, 1.54) is 0 Å². The summed E-state index contributed by atoms with van der Waals surface area (Å²) in [7, 11) is 0. The monoisotopic (exact) mass is 293 g/mol. The highest BCUT2D eigenvalue weighted by Gasteiger charge is 2.43. The Balaban J connectivity index is 1.84. The fourth-order valence-electron chi connectivity index (χ4n) is 2.98. The molecule has 20 heavy (non-hydrogen) atoms. The number of ether oxygens (including phenoxy) is 1. The Hall–Kier alpha value is -1.55. The lowest BCUT2D eigenvalue weighted by molar-refractivity contribution is -0.132. The summed E-state index contributed by atoms with van der Waals surface area (Å²) in [5.41, 5.74) is 0.134. The van der Waals surface area contributed by atoms with Crippen LogP contribution in [0.15, 0.2) is 18.2 Å². The molecule has 0 atom stereocenters. The SMILES string of the molecule is CC(=O)N1CCC2(CC1)CC(=O)c1ccc(Cl)cc1O2. The standard InChI is InChI=1S/C15H16ClNO3/c1-10(18)17-6-4-15(5-7-17)9-13(19)12-3-2-11(16)8-14(12)20-15/h2-3,8H,4-7,9H2,1H3. The van der Waals surface area contributed by atoms with Crippen molar-refractivity contribution in [3.05, 3.63) is 28.8 Å². The molecule has 1 saturated heterocycles. The number of halogens is 1. The van der Waals surface area contributed by atoms with E-state index in [4.69, 9.17) is 16.3 Å². The molecule has 0 radical (unpaired) electrons. The molecule has 1 spiro atoms. The normalized spacial score (nSPS) is 20.5. The number of likely N-dealkylation sites (tertiary alicyclic amines) is 1. The van der Waals surface area contributed by atoms with Gasteiger partial charge in [-0.15, -0.1) is 0 Å². The van der Waals surface area contributed by atoms with Crippen LogP contribution in [0.5, 0.6) is 5.75 Å². The van der Waals surface area contributed by atoms with Gasteiger partial charge in [0.05, 0.1) is 12.0 Å². The number of ketones is 1. The minimum absolute atomic E-state index is 0.0745. The van der Waals surface area contributed by atoms with Gasteiger partial charge in [-0.2, -0.15) is 0 Å². The molecule has 0 unspecified atom stereocenters. The lowest BCUT2D eigenvalue weighted by Crippen LogP contribution is -2.51. The first-order valence-corrected chi connectivity index (χ1v) is 7.14. The number of carbonyl (C=O) groups excluding carboxylic acids is 2. The average Bonchev–Trinajstić information content (AvgIpc) is 2.38.